The molecule has 4 heteroatoms. The smallest absolute Gasteiger partial charge is 0.338 e. The van der Waals surface area contributed by atoms with Gasteiger partial charge >= 0.3 is 5.97 Å². The summed E-state index contributed by atoms with van der Waals surface area (Å²) in [6, 6.07) is 6.15. The highest BCUT2D eigenvalue weighted by molar-refractivity contribution is 9.10. The molecular formula is C14H18BrNO2. The lowest BCUT2D eigenvalue weighted by molar-refractivity contribution is 0.0696. The molecule has 0 bridgehead atoms. The van der Waals surface area contributed by atoms with Crippen molar-refractivity contribution < 1.29 is 9.90 Å². The van der Waals surface area contributed by atoms with Crippen molar-refractivity contribution in [1.29, 1.82) is 0 Å². The minimum atomic E-state index is -0.861. The average Bonchev–Trinajstić information content (AvgIpc) is 3.13. The van der Waals surface area contributed by atoms with E-state index in [1.54, 1.807) is 6.07 Å². The van der Waals surface area contributed by atoms with E-state index in [4.69, 9.17) is 0 Å². The molecule has 0 unspecified atom stereocenters. The Labute approximate surface area is 116 Å². The number of rotatable bonds is 6. The third-order valence-corrected chi connectivity index (χ3v) is 3.92. The highest BCUT2D eigenvalue weighted by Gasteiger charge is 2.31. The molecule has 1 fully saturated rings. The number of hydrogen-bond donors (Lipinski definition) is 1. The summed E-state index contributed by atoms with van der Waals surface area (Å²) in [6.45, 7) is 3.10. The summed E-state index contributed by atoms with van der Waals surface area (Å²) in [5.41, 5.74) is 1.24. The van der Waals surface area contributed by atoms with E-state index >= 15 is 0 Å². The minimum Gasteiger partial charge on any atom is -0.478 e. The summed E-state index contributed by atoms with van der Waals surface area (Å²) in [4.78, 5) is 13.7. The summed E-state index contributed by atoms with van der Waals surface area (Å²) >= 11 is 3.35. The van der Waals surface area contributed by atoms with Crippen LogP contribution in [0.25, 0.3) is 0 Å². The number of hydrogen-bond acceptors (Lipinski definition) is 2. The zero-order chi connectivity index (χ0) is 13.1. The number of nitrogens with zero attached hydrogens (tertiary/aromatic N) is 1. The first kappa shape index (κ1) is 13.4. The molecule has 0 heterocycles. The van der Waals surface area contributed by atoms with E-state index in [0.29, 0.717) is 16.1 Å². The maximum Gasteiger partial charge on any atom is 0.338 e. The van der Waals surface area contributed by atoms with Crippen molar-refractivity contribution in [2.24, 2.45) is 0 Å². The molecule has 1 aromatic carbocycles. The van der Waals surface area contributed by atoms with Gasteiger partial charge < -0.3 is 10.0 Å². The van der Waals surface area contributed by atoms with Gasteiger partial charge in [0.1, 0.15) is 0 Å². The molecule has 98 valence electrons. The highest BCUT2D eigenvalue weighted by atomic mass is 79.9. The quantitative estimate of drug-likeness (QED) is 0.865. The number of carbonyl (C=O) groups is 1. The lowest BCUT2D eigenvalue weighted by Crippen LogP contribution is -2.28. The summed E-state index contributed by atoms with van der Waals surface area (Å²) in [5, 5.41) is 9.37. The Hall–Kier alpha value is -1.03. The number of aromatic carboxylic acids is 1. The number of carboxylic acid groups (broad SMARTS) is 1. The molecule has 1 aliphatic rings. The van der Waals surface area contributed by atoms with Gasteiger partial charge in [-0.3, -0.25) is 0 Å². The van der Waals surface area contributed by atoms with Gasteiger partial charge in [0.2, 0.25) is 0 Å². The molecular weight excluding hydrogens is 294 g/mol. The van der Waals surface area contributed by atoms with Crippen LogP contribution in [0.5, 0.6) is 0 Å². The molecule has 0 atom stereocenters. The van der Waals surface area contributed by atoms with Crippen LogP contribution in [0.2, 0.25) is 0 Å². The van der Waals surface area contributed by atoms with E-state index in [9.17, 15) is 9.90 Å². The first-order valence-electron chi connectivity index (χ1n) is 6.43. The Morgan fingerprint density at radius 1 is 1.50 bits per heavy atom. The molecule has 0 aromatic heterocycles. The molecule has 1 N–H and O–H groups in total. The van der Waals surface area contributed by atoms with Crippen LogP contribution in [0.15, 0.2) is 22.7 Å². The van der Waals surface area contributed by atoms with E-state index in [2.05, 4.69) is 27.8 Å². The predicted octanol–water partition coefficient (Wildman–Crippen LogP) is 3.92. The Bertz CT molecular complexity index is 443. The Morgan fingerprint density at radius 3 is 2.78 bits per heavy atom. The van der Waals surface area contributed by atoms with Crippen LogP contribution in [0.3, 0.4) is 0 Å². The van der Waals surface area contributed by atoms with Crippen molar-refractivity contribution in [3.8, 4) is 0 Å². The maximum atomic E-state index is 11.4. The molecule has 1 aromatic rings. The zero-order valence-corrected chi connectivity index (χ0v) is 12.1. The van der Waals surface area contributed by atoms with Crippen LogP contribution < -0.4 is 4.90 Å². The summed E-state index contributed by atoms with van der Waals surface area (Å²) in [7, 11) is 0. The van der Waals surface area contributed by atoms with Gasteiger partial charge in [-0.05, 0) is 47.3 Å². The van der Waals surface area contributed by atoms with Crippen LogP contribution in [0.4, 0.5) is 5.69 Å². The molecule has 0 radical (unpaired) electrons. The molecule has 0 spiro atoms. The van der Waals surface area contributed by atoms with Crippen molar-refractivity contribution in [2.45, 2.75) is 38.6 Å². The van der Waals surface area contributed by atoms with E-state index in [1.165, 1.54) is 12.8 Å². The second kappa shape index (κ2) is 5.74. The third kappa shape index (κ3) is 2.86. The van der Waals surface area contributed by atoms with E-state index in [0.717, 1.165) is 25.1 Å². The number of unbranched alkanes of at least 4 members (excludes halogenated alkanes) is 1. The molecule has 3 nitrogen and oxygen atoms in total. The molecule has 0 aliphatic heterocycles. The Balaban J connectivity index is 2.34. The predicted molar refractivity (Wildman–Crippen MR) is 76.4 cm³/mol. The first-order valence-corrected chi connectivity index (χ1v) is 7.23. The fourth-order valence-corrected chi connectivity index (χ4v) is 2.70. The van der Waals surface area contributed by atoms with Crippen LogP contribution in [-0.4, -0.2) is 23.7 Å². The topological polar surface area (TPSA) is 40.5 Å². The van der Waals surface area contributed by atoms with Gasteiger partial charge in [0.25, 0.3) is 0 Å². The van der Waals surface area contributed by atoms with Gasteiger partial charge in [-0.25, -0.2) is 4.79 Å². The fraction of sp³-hybridized carbons (Fsp3) is 0.500. The molecule has 0 saturated heterocycles. The van der Waals surface area contributed by atoms with Gasteiger partial charge in [-0.1, -0.05) is 19.4 Å². The van der Waals surface area contributed by atoms with Crippen LogP contribution in [-0.2, 0) is 0 Å². The first-order chi connectivity index (χ1) is 8.65. The largest absolute Gasteiger partial charge is 0.478 e. The SMILES string of the molecule is CCCCN(c1cccc(Br)c1C(=O)O)C1CC1. The lowest BCUT2D eigenvalue weighted by Gasteiger charge is -2.26. The normalized spacial score (nSPS) is 14.6. The monoisotopic (exact) mass is 311 g/mol. The Kier molecular flexibility index (Phi) is 4.27. The van der Waals surface area contributed by atoms with Crippen molar-refractivity contribution in [3.05, 3.63) is 28.2 Å². The highest BCUT2D eigenvalue weighted by Crippen LogP contribution is 2.36. The maximum absolute atomic E-state index is 11.4. The number of halogens is 1. The number of anilines is 1. The fourth-order valence-electron chi connectivity index (χ4n) is 2.18. The van der Waals surface area contributed by atoms with E-state index in [-0.39, 0.29) is 0 Å². The summed E-state index contributed by atoms with van der Waals surface area (Å²) in [5.74, 6) is -0.861. The lowest BCUT2D eigenvalue weighted by atomic mass is 10.1. The van der Waals surface area contributed by atoms with Gasteiger partial charge in [-0.15, -0.1) is 0 Å². The van der Waals surface area contributed by atoms with Gasteiger partial charge in [0, 0.05) is 17.1 Å². The summed E-state index contributed by atoms with van der Waals surface area (Å²) in [6.07, 6.45) is 4.58. The molecule has 1 aliphatic carbocycles. The van der Waals surface area contributed by atoms with E-state index < -0.39 is 5.97 Å². The third-order valence-electron chi connectivity index (χ3n) is 3.26. The average molecular weight is 312 g/mol. The van der Waals surface area contributed by atoms with Gasteiger partial charge in [0.15, 0.2) is 0 Å². The molecule has 2 rings (SSSR count). The second-order valence-corrected chi connectivity index (χ2v) is 5.57. The standard InChI is InChI=1S/C14H18BrNO2/c1-2-3-9-16(10-7-8-10)12-6-4-5-11(15)13(12)14(17)18/h4-6,10H,2-3,7-9H2,1H3,(H,17,18). The Morgan fingerprint density at radius 2 is 2.22 bits per heavy atom. The van der Waals surface area contributed by atoms with Crippen LogP contribution in [0.1, 0.15) is 43.0 Å². The van der Waals surface area contributed by atoms with Crippen molar-refractivity contribution in [3.63, 3.8) is 0 Å². The zero-order valence-electron chi connectivity index (χ0n) is 10.5. The van der Waals surface area contributed by atoms with Gasteiger partial charge in [0.05, 0.1) is 11.3 Å². The van der Waals surface area contributed by atoms with Crippen molar-refractivity contribution >= 4 is 27.6 Å². The molecule has 18 heavy (non-hydrogen) atoms. The summed E-state index contributed by atoms with van der Waals surface area (Å²) < 4.78 is 0.662. The number of carboxylic acids is 1. The second-order valence-electron chi connectivity index (χ2n) is 4.72. The van der Waals surface area contributed by atoms with Crippen molar-refractivity contribution in [2.75, 3.05) is 11.4 Å². The van der Waals surface area contributed by atoms with Gasteiger partial charge in [-0.2, -0.15) is 0 Å². The number of benzene rings is 1. The van der Waals surface area contributed by atoms with E-state index in [1.807, 2.05) is 12.1 Å². The van der Waals surface area contributed by atoms with Crippen LogP contribution >= 0.6 is 15.9 Å². The van der Waals surface area contributed by atoms with Crippen LogP contribution in [0, 0.1) is 0 Å². The van der Waals surface area contributed by atoms with Crippen molar-refractivity contribution in [1.82, 2.24) is 0 Å². The molecule has 1 saturated carbocycles. The minimum absolute atomic E-state index is 0.389. The molecule has 0 amide bonds.